The highest BCUT2D eigenvalue weighted by molar-refractivity contribution is 5.87. The van der Waals surface area contributed by atoms with E-state index in [9.17, 15) is 9.59 Å². The van der Waals surface area contributed by atoms with E-state index in [2.05, 4.69) is 6.92 Å². The molecule has 0 bridgehead atoms. The van der Waals surface area contributed by atoms with E-state index in [1.54, 1.807) is 13.0 Å². The van der Waals surface area contributed by atoms with Gasteiger partial charge in [0.15, 0.2) is 0 Å². The van der Waals surface area contributed by atoms with Crippen LogP contribution in [0, 0.1) is 0 Å². The van der Waals surface area contributed by atoms with Crippen LogP contribution in [0.5, 0.6) is 0 Å². The van der Waals surface area contributed by atoms with Gasteiger partial charge in [-0.05, 0) is 19.8 Å². The molecule has 0 aromatic carbocycles. The second-order valence-electron chi connectivity index (χ2n) is 4.11. The average molecular weight is 256 g/mol. The first-order chi connectivity index (χ1) is 8.61. The number of hydrogen-bond acceptors (Lipinski definition) is 4. The lowest BCUT2D eigenvalue weighted by Crippen LogP contribution is -2.14. The first-order valence-electron chi connectivity index (χ1n) is 6.61. The molecule has 0 aromatic rings. The number of ether oxygens (including phenoxy) is 2. The molecule has 0 N–H and O–H groups in total. The van der Waals surface area contributed by atoms with Gasteiger partial charge in [0.1, 0.15) is 13.2 Å². The van der Waals surface area contributed by atoms with Gasteiger partial charge in [-0.2, -0.15) is 0 Å². The molecule has 0 aliphatic heterocycles. The molecule has 0 aliphatic rings. The smallest absolute Gasteiger partial charge is 0.333 e. The maximum Gasteiger partial charge on any atom is 0.333 e. The minimum Gasteiger partial charge on any atom is -0.462 e. The summed E-state index contributed by atoms with van der Waals surface area (Å²) in [6.45, 7) is 6.00. The van der Waals surface area contributed by atoms with Crippen molar-refractivity contribution in [2.75, 3.05) is 13.2 Å². The van der Waals surface area contributed by atoms with Gasteiger partial charge in [-0.3, -0.25) is 4.79 Å². The summed E-state index contributed by atoms with van der Waals surface area (Å²) in [6, 6.07) is 0. The molecule has 0 heterocycles. The third-order valence-corrected chi connectivity index (χ3v) is 2.40. The molecule has 0 saturated carbocycles. The zero-order valence-corrected chi connectivity index (χ0v) is 11.7. The molecule has 4 nitrogen and oxygen atoms in total. The topological polar surface area (TPSA) is 52.6 Å². The third-order valence-electron chi connectivity index (χ3n) is 2.40. The number of carbonyl (C=O) groups is 2. The Hall–Kier alpha value is -1.32. The quantitative estimate of drug-likeness (QED) is 0.361. The molecule has 0 aromatic heterocycles. The van der Waals surface area contributed by atoms with Gasteiger partial charge in [0, 0.05) is 12.0 Å². The number of allylic oxidation sites excluding steroid dienone is 1. The number of unbranched alkanes of at least 4 members (excludes halogenated alkanes) is 2. The van der Waals surface area contributed by atoms with Gasteiger partial charge in [0.25, 0.3) is 0 Å². The fraction of sp³-hybridized carbons (Fsp3) is 0.714. The Morgan fingerprint density at radius 1 is 1.06 bits per heavy atom. The first-order valence-corrected chi connectivity index (χ1v) is 6.61. The summed E-state index contributed by atoms with van der Waals surface area (Å²) in [6.07, 6.45) is 6.01. The summed E-state index contributed by atoms with van der Waals surface area (Å²) in [7, 11) is 0. The summed E-state index contributed by atoms with van der Waals surface area (Å²) < 4.78 is 9.89. The average Bonchev–Trinajstić information content (AvgIpc) is 2.35. The molecule has 0 amide bonds. The summed E-state index contributed by atoms with van der Waals surface area (Å²) in [5, 5.41) is 0. The van der Waals surface area contributed by atoms with Gasteiger partial charge in [-0.15, -0.1) is 0 Å². The van der Waals surface area contributed by atoms with Crippen LogP contribution < -0.4 is 0 Å². The zero-order valence-electron chi connectivity index (χ0n) is 11.7. The summed E-state index contributed by atoms with van der Waals surface area (Å²) in [4.78, 5) is 22.6. The maximum absolute atomic E-state index is 11.4. The van der Waals surface area contributed by atoms with Crippen molar-refractivity contribution in [1.29, 1.82) is 0 Å². The Labute approximate surface area is 109 Å². The lowest BCUT2D eigenvalue weighted by Gasteiger charge is -2.06. The summed E-state index contributed by atoms with van der Waals surface area (Å²) >= 11 is 0. The van der Waals surface area contributed by atoms with Crippen LogP contribution in [0.25, 0.3) is 0 Å². The third kappa shape index (κ3) is 8.79. The zero-order chi connectivity index (χ0) is 13.8. The van der Waals surface area contributed by atoms with E-state index < -0.39 is 0 Å². The molecule has 18 heavy (non-hydrogen) atoms. The minimum absolute atomic E-state index is 0.118. The van der Waals surface area contributed by atoms with Crippen LogP contribution in [0.15, 0.2) is 11.6 Å². The van der Waals surface area contributed by atoms with Crippen LogP contribution in [0.2, 0.25) is 0 Å². The van der Waals surface area contributed by atoms with Crippen LogP contribution in [0.3, 0.4) is 0 Å². The number of esters is 2. The van der Waals surface area contributed by atoms with Gasteiger partial charge in [-0.25, -0.2) is 4.79 Å². The van der Waals surface area contributed by atoms with E-state index in [1.807, 2.05) is 6.92 Å². The Kier molecular flexibility index (Phi) is 10.0. The van der Waals surface area contributed by atoms with E-state index in [4.69, 9.17) is 9.47 Å². The van der Waals surface area contributed by atoms with Gasteiger partial charge in [-0.1, -0.05) is 32.8 Å². The molecule has 0 radical (unpaired) electrons. The van der Waals surface area contributed by atoms with Crippen molar-refractivity contribution in [2.24, 2.45) is 0 Å². The standard InChI is InChI=1S/C14H24O4/c1-4-6-7-9-13(15)17-10-11-18-14(16)12(3)8-5-2/h8H,4-7,9-11H2,1-3H3. The van der Waals surface area contributed by atoms with Crippen molar-refractivity contribution >= 4 is 11.9 Å². The molecule has 4 heteroatoms. The molecule has 0 aliphatic carbocycles. The number of hydrogen-bond donors (Lipinski definition) is 0. The Morgan fingerprint density at radius 3 is 2.33 bits per heavy atom. The molecule has 0 fully saturated rings. The molecule has 0 rings (SSSR count). The Balaban J connectivity index is 3.58. The summed E-state index contributed by atoms with van der Waals surface area (Å²) in [5.41, 5.74) is 0.590. The van der Waals surface area contributed by atoms with Crippen molar-refractivity contribution in [3.05, 3.63) is 11.6 Å². The van der Waals surface area contributed by atoms with Gasteiger partial charge < -0.3 is 9.47 Å². The molecule has 0 atom stereocenters. The molecular weight excluding hydrogens is 232 g/mol. The SMILES string of the molecule is CCC=C(C)C(=O)OCCOC(=O)CCCCC. The fourth-order valence-electron chi connectivity index (χ4n) is 1.38. The number of rotatable bonds is 9. The predicted molar refractivity (Wildman–Crippen MR) is 70.1 cm³/mol. The lowest BCUT2D eigenvalue weighted by molar-refractivity contribution is -0.150. The van der Waals surface area contributed by atoms with Crippen LogP contribution in [-0.4, -0.2) is 25.2 Å². The highest BCUT2D eigenvalue weighted by atomic mass is 16.6. The van der Waals surface area contributed by atoms with Crippen molar-refractivity contribution in [1.82, 2.24) is 0 Å². The largest absolute Gasteiger partial charge is 0.462 e. The predicted octanol–water partition coefficient (Wildman–Crippen LogP) is 3.01. The maximum atomic E-state index is 11.4. The molecular formula is C14H24O4. The van der Waals surface area contributed by atoms with Crippen LogP contribution in [0.1, 0.15) is 52.9 Å². The first kappa shape index (κ1) is 16.7. The minimum atomic E-state index is -0.348. The highest BCUT2D eigenvalue weighted by Gasteiger charge is 2.06. The monoisotopic (exact) mass is 256 g/mol. The van der Waals surface area contributed by atoms with Crippen molar-refractivity contribution < 1.29 is 19.1 Å². The Bertz CT molecular complexity index is 282. The summed E-state index contributed by atoms with van der Waals surface area (Å²) in [5.74, 6) is -0.570. The van der Waals surface area contributed by atoms with Crippen molar-refractivity contribution in [3.8, 4) is 0 Å². The van der Waals surface area contributed by atoms with Gasteiger partial charge in [0.05, 0.1) is 0 Å². The van der Waals surface area contributed by atoms with Crippen molar-refractivity contribution in [3.63, 3.8) is 0 Å². The second-order valence-corrected chi connectivity index (χ2v) is 4.11. The second kappa shape index (κ2) is 10.8. The van der Waals surface area contributed by atoms with Crippen LogP contribution >= 0.6 is 0 Å². The normalized spacial score (nSPS) is 11.2. The van der Waals surface area contributed by atoms with Gasteiger partial charge >= 0.3 is 11.9 Å². The fourth-order valence-corrected chi connectivity index (χ4v) is 1.38. The molecule has 0 unspecified atom stereocenters. The highest BCUT2D eigenvalue weighted by Crippen LogP contribution is 2.01. The molecule has 0 spiro atoms. The lowest BCUT2D eigenvalue weighted by atomic mass is 10.2. The number of carbonyl (C=O) groups excluding carboxylic acids is 2. The van der Waals surface area contributed by atoms with Gasteiger partial charge in [0.2, 0.25) is 0 Å². The molecule has 104 valence electrons. The Morgan fingerprint density at radius 2 is 1.72 bits per heavy atom. The van der Waals surface area contributed by atoms with E-state index in [0.717, 1.165) is 25.7 Å². The van der Waals surface area contributed by atoms with Crippen LogP contribution in [-0.2, 0) is 19.1 Å². The molecule has 0 saturated heterocycles. The van der Waals surface area contributed by atoms with E-state index in [0.29, 0.717) is 12.0 Å². The van der Waals surface area contributed by atoms with Crippen LogP contribution in [0.4, 0.5) is 0 Å². The van der Waals surface area contributed by atoms with Crippen molar-refractivity contribution in [2.45, 2.75) is 52.9 Å². The van der Waals surface area contributed by atoms with E-state index in [-0.39, 0.29) is 25.2 Å². The van der Waals surface area contributed by atoms with E-state index >= 15 is 0 Å². The van der Waals surface area contributed by atoms with E-state index in [1.165, 1.54) is 0 Å².